The summed E-state index contributed by atoms with van der Waals surface area (Å²) in [6, 6.07) is 12.0. The van der Waals surface area contributed by atoms with Crippen molar-refractivity contribution in [3.8, 4) is 0 Å². The summed E-state index contributed by atoms with van der Waals surface area (Å²) in [5.41, 5.74) is 1.16. The Morgan fingerprint density at radius 3 is 2.55 bits per heavy atom. The first-order chi connectivity index (χ1) is 19.0. The first-order valence-corrected chi connectivity index (χ1v) is 16.3. The summed E-state index contributed by atoms with van der Waals surface area (Å²) in [4.78, 5) is 16.5. The maximum atomic E-state index is 14.1. The Morgan fingerprint density at radius 2 is 1.82 bits per heavy atom. The Morgan fingerprint density at radius 1 is 1.10 bits per heavy atom. The number of carbonyl (C=O) groups is 1. The minimum absolute atomic E-state index is 0.0373. The molecule has 0 unspecified atom stereocenters. The van der Waals surface area contributed by atoms with Gasteiger partial charge in [-0.15, -0.1) is 0 Å². The third-order valence-corrected chi connectivity index (χ3v) is 13.1. The summed E-state index contributed by atoms with van der Waals surface area (Å²) in [6.07, 6.45) is 12.1. The number of hydrogen-bond acceptors (Lipinski definition) is 5. The number of hydrogen-bond donors (Lipinski definition) is 2. The summed E-state index contributed by atoms with van der Waals surface area (Å²) < 4.78 is 29.8. The van der Waals surface area contributed by atoms with Crippen molar-refractivity contribution >= 4 is 22.0 Å². The molecule has 6 rings (SSSR count). The molecule has 1 saturated heterocycles. The van der Waals surface area contributed by atoms with Crippen LogP contribution in [0, 0.1) is 16.7 Å². The van der Waals surface area contributed by atoms with Gasteiger partial charge >= 0.3 is 0 Å². The molecule has 0 radical (unpaired) electrons. The van der Waals surface area contributed by atoms with Crippen LogP contribution in [0.1, 0.15) is 69.1 Å². The van der Waals surface area contributed by atoms with Gasteiger partial charge in [0.2, 0.25) is 15.9 Å². The molecule has 2 bridgehead atoms. The predicted molar refractivity (Wildman–Crippen MR) is 156 cm³/mol. The van der Waals surface area contributed by atoms with Crippen molar-refractivity contribution in [2.75, 3.05) is 25.4 Å². The molecule has 7 nitrogen and oxygen atoms in total. The molecule has 2 heterocycles. The predicted octanol–water partition coefficient (Wildman–Crippen LogP) is 4.08. The molecule has 1 spiro atoms. The number of sulfonamides is 1. The van der Waals surface area contributed by atoms with Gasteiger partial charge in [-0.05, 0) is 78.7 Å². The fourth-order valence-corrected chi connectivity index (χ4v) is 10.9. The van der Waals surface area contributed by atoms with Gasteiger partial charge in [-0.2, -0.15) is 0 Å². The van der Waals surface area contributed by atoms with Gasteiger partial charge in [0.1, 0.15) is 0 Å². The molecule has 3 fully saturated rings. The average Bonchev–Trinajstić information content (AvgIpc) is 3.45. The fraction of sp³-hybridized carbons (Fsp3) is 0.562. The zero-order chi connectivity index (χ0) is 28.2. The molecule has 4 aliphatic rings. The largest absolute Gasteiger partial charge is 0.389 e. The summed E-state index contributed by atoms with van der Waals surface area (Å²) in [5.74, 6) is 0.123. The number of nitrogens with zero attached hydrogens (tertiary/aromatic N) is 2. The van der Waals surface area contributed by atoms with E-state index >= 15 is 0 Å². The third-order valence-electron chi connectivity index (χ3n) is 11.1. The van der Waals surface area contributed by atoms with Crippen LogP contribution >= 0.6 is 0 Å². The van der Waals surface area contributed by atoms with E-state index in [0.717, 1.165) is 24.8 Å². The van der Waals surface area contributed by atoms with Crippen LogP contribution in [0.3, 0.4) is 0 Å². The maximum absolute atomic E-state index is 14.1. The summed E-state index contributed by atoms with van der Waals surface area (Å²) in [5, 5.41) is 15.1. The van der Waals surface area contributed by atoms with Crippen LogP contribution in [-0.2, 0) is 26.7 Å². The molecule has 1 aliphatic heterocycles. The fourth-order valence-electron chi connectivity index (χ4n) is 8.61. The molecule has 1 aromatic heterocycles. The summed E-state index contributed by atoms with van der Waals surface area (Å²) in [6.45, 7) is 5.59. The van der Waals surface area contributed by atoms with Gasteiger partial charge in [0.25, 0.3) is 0 Å². The van der Waals surface area contributed by atoms with Crippen molar-refractivity contribution in [1.82, 2.24) is 14.6 Å². The van der Waals surface area contributed by atoms with Crippen LogP contribution in [0.4, 0.5) is 0 Å². The van der Waals surface area contributed by atoms with Gasteiger partial charge in [0.15, 0.2) is 0 Å². The first kappa shape index (κ1) is 27.6. The second-order valence-corrected chi connectivity index (χ2v) is 15.1. The Bertz CT molecular complexity index is 1410. The number of allylic oxidation sites excluding steroid dienone is 1. The Labute approximate surface area is 238 Å². The minimum Gasteiger partial charge on any atom is -0.389 e. The second kappa shape index (κ2) is 9.78. The molecule has 2 N–H and O–H groups in total. The van der Waals surface area contributed by atoms with Gasteiger partial charge in [0.05, 0.1) is 17.8 Å². The van der Waals surface area contributed by atoms with E-state index in [4.69, 9.17) is 0 Å². The van der Waals surface area contributed by atoms with Crippen LogP contribution in [0.2, 0.25) is 0 Å². The summed E-state index contributed by atoms with van der Waals surface area (Å²) in [7, 11) is -3.60. The lowest BCUT2D eigenvalue weighted by Crippen LogP contribution is -2.57. The lowest BCUT2D eigenvalue weighted by atomic mass is 9.63. The molecule has 214 valence electrons. The highest BCUT2D eigenvalue weighted by Crippen LogP contribution is 2.71. The molecular weight excluding hydrogens is 522 g/mol. The maximum Gasteiger partial charge on any atom is 0.224 e. The van der Waals surface area contributed by atoms with E-state index in [1.807, 2.05) is 18.2 Å². The lowest BCUT2D eigenvalue weighted by Gasteiger charge is -2.49. The highest BCUT2D eigenvalue weighted by molar-refractivity contribution is 7.89. The van der Waals surface area contributed by atoms with Crippen LogP contribution in [0.25, 0.3) is 6.08 Å². The van der Waals surface area contributed by atoms with Crippen molar-refractivity contribution in [2.45, 2.75) is 69.8 Å². The number of nitrogens with one attached hydrogen (secondary N) is 1. The topological polar surface area (TPSA) is 99.6 Å². The van der Waals surface area contributed by atoms with Crippen molar-refractivity contribution in [3.63, 3.8) is 0 Å². The molecule has 2 saturated carbocycles. The average molecular weight is 564 g/mol. The van der Waals surface area contributed by atoms with E-state index in [9.17, 15) is 18.3 Å². The number of rotatable bonds is 8. The molecule has 2 aromatic rings. The third kappa shape index (κ3) is 4.34. The number of carbonyl (C=O) groups excluding carboxylic acids is 1. The molecule has 40 heavy (non-hydrogen) atoms. The first-order valence-electron chi connectivity index (χ1n) is 14.7. The van der Waals surface area contributed by atoms with E-state index in [1.54, 1.807) is 16.7 Å². The van der Waals surface area contributed by atoms with E-state index in [2.05, 4.69) is 54.5 Å². The highest BCUT2D eigenvalue weighted by Gasteiger charge is 2.71. The monoisotopic (exact) mass is 563 g/mol. The van der Waals surface area contributed by atoms with Crippen LogP contribution in [0.15, 0.2) is 54.9 Å². The number of pyridine rings is 1. The van der Waals surface area contributed by atoms with Gasteiger partial charge in [-0.3, -0.25) is 9.78 Å². The van der Waals surface area contributed by atoms with E-state index < -0.39 is 21.0 Å². The Balaban J connectivity index is 1.15. The van der Waals surface area contributed by atoms with Gasteiger partial charge in [-0.25, -0.2) is 12.7 Å². The number of aliphatic hydroxyl groups is 1. The Kier molecular flexibility index (Phi) is 6.75. The zero-order valence-corrected chi connectivity index (χ0v) is 24.4. The van der Waals surface area contributed by atoms with Crippen molar-refractivity contribution < 1.29 is 18.3 Å². The van der Waals surface area contributed by atoms with Gasteiger partial charge in [-0.1, -0.05) is 50.3 Å². The number of amides is 1. The highest BCUT2D eigenvalue weighted by atomic mass is 32.2. The zero-order valence-electron chi connectivity index (χ0n) is 23.6. The smallest absolute Gasteiger partial charge is 0.224 e. The van der Waals surface area contributed by atoms with E-state index in [0.29, 0.717) is 38.9 Å². The molecule has 3 aliphatic carbocycles. The van der Waals surface area contributed by atoms with Crippen LogP contribution < -0.4 is 5.32 Å². The summed E-state index contributed by atoms with van der Waals surface area (Å²) >= 11 is 0. The Hall–Kier alpha value is -2.55. The normalized spacial score (nSPS) is 30.0. The van der Waals surface area contributed by atoms with Crippen LogP contribution in [-0.4, -0.2) is 59.7 Å². The van der Waals surface area contributed by atoms with Crippen molar-refractivity contribution in [2.24, 2.45) is 16.7 Å². The molecule has 1 amide bonds. The van der Waals surface area contributed by atoms with Crippen LogP contribution in [0.5, 0.6) is 0 Å². The molecular formula is C32H41N3O4S. The minimum atomic E-state index is -3.60. The number of piperidine rings is 1. The van der Waals surface area contributed by atoms with Crippen molar-refractivity contribution in [3.05, 3.63) is 71.6 Å². The van der Waals surface area contributed by atoms with Crippen molar-refractivity contribution in [1.29, 1.82) is 0 Å². The lowest BCUT2D eigenvalue weighted by molar-refractivity contribution is -0.121. The molecule has 1 aromatic carbocycles. The van der Waals surface area contributed by atoms with Gasteiger partial charge < -0.3 is 10.4 Å². The molecule has 3 atom stereocenters. The quantitative estimate of drug-likeness (QED) is 0.504. The van der Waals surface area contributed by atoms with E-state index in [-0.39, 0.29) is 34.8 Å². The standard InChI is InChI=1S/C32H41N3O4S/c1-29(2)26-8-12-31(29,32(37,22-26)13-18-34-28(36)21-24-9-16-33-17-10-24)23-40(38,39)35-19-14-30(15-20-35)11-7-25-5-3-4-6-27(25)30/h3-7,9-11,16-17,26,37H,8,12-15,18-23H2,1-2H3,(H,34,36)/t26-,31+,32-/m1/s1. The SMILES string of the molecule is CC1(C)[C@@H]2CC[C@@]1(CS(=O)(=O)N1CCC3(C=Cc4ccccc43)CC1)[C@@](O)(CCNC(=O)Cc1ccncc1)C2. The van der Waals surface area contributed by atoms with Gasteiger partial charge in [0, 0.05) is 42.9 Å². The second-order valence-electron chi connectivity index (χ2n) is 13.1. The molecule has 8 heteroatoms. The number of fused-ring (bicyclic) bond motifs is 4. The van der Waals surface area contributed by atoms with E-state index in [1.165, 1.54) is 11.1 Å². The number of benzene rings is 1. The number of aromatic nitrogens is 1.